The van der Waals surface area contributed by atoms with Crippen LogP contribution in [0.1, 0.15) is 12.0 Å². The van der Waals surface area contributed by atoms with Crippen molar-refractivity contribution in [3.05, 3.63) is 83.7 Å². The van der Waals surface area contributed by atoms with Gasteiger partial charge >= 0.3 is 0 Å². The lowest BCUT2D eigenvalue weighted by Gasteiger charge is -2.33. The van der Waals surface area contributed by atoms with Gasteiger partial charge in [-0.05, 0) is 42.7 Å². The number of benzene rings is 3. The normalized spacial score (nSPS) is 14.8. The molecular formula is C28H23N3O3S. The monoisotopic (exact) mass is 481 g/mol. The molecule has 3 aromatic carbocycles. The van der Waals surface area contributed by atoms with Gasteiger partial charge in [0.25, 0.3) is 5.91 Å². The van der Waals surface area contributed by atoms with Gasteiger partial charge in [0.15, 0.2) is 6.61 Å². The van der Waals surface area contributed by atoms with E-state index >= 15 is 0 Å². The van der Waals surface area contributed by atoms with E-state index in [1.54, 1.807) is 21.1 Å². The molecule has 0 radical (unpaired) electrons. The molecule has 0 N–H and O–H groups in total. The Hall–Kier alpha value is -3.97. The van der Waals surface area contributed by atoms with Crippen molar-refractivity contribution in [2.24, 2.45) is 0 Å². The van der Waals surface area contributed by atoms with E-state index in [1.807, 2.05) is 72.1 Å². The van der Waals surface area contributed by atoms with Gasteiger partial charge in [0.2, 0.25) is 5.91 Å². The van der Waals surface area contributed by atoms with Crippen LogP contribution in [0.4, 0.5) is 11.4 Å². The van der Waals surface area contributed by atoms with Gasteiger partial charge in [0.05, 0.1) is 11.4 Å². The van der Waals surface area contributed by atoms with Crippen LogP contribution in [0.25, 0.3) is 21.8 Å². The van der Waals surface area contributed by atoms with E-state index in [-0.39, 0.29) is 25.0 Å². The molecular weight excluding hydrogens is 458 g/mol. The largest absolute Gasteiger partial charge is 0.482 e. The number of hydrogen-bond acceptors (Lipinski definition) is 5. The van der Waals surface area contributed by atoms with Crippen LogP contribution in [0.5, 0.6) is 5.75 Å². The van der Waals surface area contributed by atoms with Crippen molar-refractivity contribution in [1.82, 2.24) is 4.98 Å². The number of para-hydroxylation sites is 1. The van der Waals surface area contributed by atoms with Gasteiger partial charge in [0, 0.05) is 28.7 Å². The van der Waals surface area contributed by atoms with Crippen LogP contribution in [0.15, 0.2) is 78.2 Å². The molecule has 6 nitrogen and oxygen atoms in total. The molecule has 0 bridgehead atoms. The second-order valence-corrected chi connectivity index (χ2v) is 9.49. The molecule has 0 unspecified atom stereocenters. The SMILES string of the molecule is O=C(CN1C(=O)COc2ccc(-c3csc(-c4ccccc4)n3)cc21)N1CCCc2ccccc21. The van der Waals surface area contributed by atoms with Gasteiger partial charge in [0.1, 0.15) is 17.3 Å². The Morgan fingerprint density at radius 3 is 2.69 bits per heavy atom. The molecule has 0 aliphatic carbocycles. The third-order valence-corrected chi connectivity index (χ3v) is 7.32. The molecule has 2 aliphatic heterocycles. The summed E-state index contributed by atoms with van der Waals surface area (Å²) in [5.41, 5.74) is 5.48. The molecule has 2 amide bonds. The first-order chi connectivity index (χ1) is 17.2. The fraction of sp³-hybridized carbons (Fsp3) is 0.179. The minimum Gasteiger partial charge on any atom is -0.482 e. The summed E-state index contributed by atoms with van der Waals surface area (Å²) >= 11 is 1.58. The van der Waals surface area contributed by atoms with Crippen LogP contribution < -0.4 is 14.5 Å². The number of thiazole rings is 1. The van der Waals surface area contributed by atoms with E-state index in [0.29, 0.717) is 18.0 Å². The molecule has 4 aromatic rings. The quantitative estimate of drug-likeness (QED) is 0.403. The molecule has 7 heteroatoms. The Morgan fingerprint density at radius 1 is 0.971 bits per heavy atom. The van der Waals surface area contributed by atoms with E-state index in [2.05, 4.69) is 6.07 Å². The molecule has 3 heterocycles. The number of aromatic nitrogens is 1. The molecule has 1 aromatic heterocycles. The summed E-state index contributed by atoms with van der Waals surface area (Å²) in [5.74, 6) is 0.277. The van der Waals surface area contributed by atoms with Crippen LogP contribution in [0.3, 0.4) is 0 Å². The first-order valence-corrected chi connectivity index (χ1v) is 12.5. The van der Waals surface area contributed by atoms with Crippen molar-refractivity contribution in [3.8, 4) is 27.6 Å². The summed E-state index contributed by atoms with van der Waals surface area (Å²) in [6.07, 6.45) is 1.87. The summed E-state index contributed by atoms with van der Waals surface area (Å²) in [5, 5.41) is 2.94. The maximum Gasteiger partial charge on any atom is 0.265 e. The van der Waals surface area contributed by atoms with E-state index in [0.717, 1.165) is 40.4 Å². The van der Waals surface area contributed by atoms with E-state index < -0.39 is 0 Å². The highest BCUT2D eigenvalue weighted by atomic mass is 32.1. The minimum absolute atomic E-state index is 0.0285. The predicted octanol–water partition coefficient (Wildman–Crippen LogP) is 5.18. The molecule has 0 saturated heterocycles. The Morgan fingerprint density at radius 2 is 1.80 bits per heavy atom. The smallest absolute Gasteiger partial charge is 0.265 e. The second kappa shape index (κ2) is 9.00. The number of fused-ring (bicyclic) bond motifs is 2. The number of carbonyl (C=O) groups is 2. The van der Waals surface area contributed by atoms with Crippen LogP contribution in [0, 0.1) is 0 Å². The predicted molar refractivity (Wildman–Crippen MR) is 138 cm³/mol. The Kier molecular flexibility index (Phi) is 5.54. The lowest BCUT2D eigenvalue weighted by Crippen LogP contribution is -2.47. The van der Waals surface area contributed by atoms with Gasteiger partial charge in [-0.2, -0.15) is 0 Å². The fourth-order valence-electron chi connectivity index (χ4n) is 4.67. The topological polar surface area (TPSA) is 62.7 Å². The fourth-order valence-corrected chi connectivity index (χ4v) is 5.50. The Balaban J connectivity index is 1.30. The standard InChI is InChI=1S/C28H23N3O3S/c32-26(30-14-6-10-19-7-4-5-11-23(19)30)16-31-24-15-21(12-13-25(24)34-17-27(31)33)22-18-35-28(29-22)20-8-2-1-3-9-20/h1-5,7-9,11-13,15,18H,6,10,14,16-17H2. The highest BCUT2D eigenvalue weighted by Gasteiger charge is 2.31. The molecule has 6 rings (SSSR count). The summed E-state index contributed by atoms with van der Waals surface area (Å²) < 4.78 is 5.68. The van der Waals surface area contributed by atoms with E-state index in [4.69, 9.17) is 9.72 Å². The van der Waals surface area contributed by atoms with Crippen LogP contribution in [-0.4, -0.2) is 36.5 Å². The molecule has 0 spiro atoms. The van der Waals surface area contributed by atoms with E-state index in [9.17, 15) is 9.59 Å². The molecule has 0 saturated carbocycles. The maximum atomic E-state index is 13.4. The number of rotatable bonds is 4. The van der Waals surface area contributed by atoms with Gasteiger partial charge in [-0.1, -0.05) is 48.5 Å². The highest BCUT2D eigenvalue weighted by Crippen LogP contribution is 2.38. The first kappa shape index (κ1) is 21.6. The number of ether oxygens (including phenoxy) is 1. The molecule has 0 fully saturated rings. The number of carbonyl (C=O) groups excluding carboxylic acids is 2. The third-order valence-electron chi connectivity index (χ3n) is 6.43. The molecule has 2 aliphatic rings. The van der Waals surface area contributed by atoms with Crippen LogP contribution in [-0.2, 0) is 16.0 Å². The lowest BCUT2D eigenvalue weighted by atomic mass is 10.0. The Labute approximate surface area is 207 Å². The van der Waals surface area contributed by atoms with Gasteiger partial charge < -0.3 is 9.64 Å². The van der Waals surface area contributed by atoms with Crippen molar-refractivity contribution in [3.63, 3.8) is 0 Å². The summed E-state index contributed by atoms with van der Waals surface area (Å²) in [4.78, 5) is 34.4. The molecule has 0 atom stereocenters. The summed E-state index contributed by atoms with van der Waals surface area (Å²) in [6, 6.07) is 23.7. The molecule has 35 heavy (non-hydrogen) atoms. The Bertz CT molecular complexity index is 1420. The zero-order chi connectivity index (χ0) is 23.8. The van der Waals surface area contributed by atoms with Crippen LogP contribution >= 0.6 is 11.3 Å². The van der Waals surface area contributed by atoms with Crippen molar-refractivity contribution < 1.29 is 14.3 Å². The van der Waals surface area contributed by atoms with Crippen molar-refractivity contribution in [1.29, 1.82) is 0 Å². The average molecular weight is 482 g/mol. The first-order valence-electron chi connectivity index (χ1n) is 11.6. The summed E-state index contributed by atoms with van der Waals surface area (Å²) in [7, 11) is 0. The highest BCUT2D eigenvalue weighted by molar-refractivity contribution is 7.13. The number of hydrogen-bond donors (Lipinski definition) is 0. The zero-order valence-corrected chi connectivity index (χ0v) is 19.8. The lowest BCUT2D eigenvalue weighted by molar-refractivity contribution is -0.124. The number of aryl methyl sites for hydroxylation is 1. The third kappa shape index (κ3) is 4.08. The summed E-state index contributed by atoms with van der Waals surface area (Å²) in [6.45, 7) is 0.548. The van der Waals surface area contributed by atoms with E-state index in [1.165, 1.54) is 5.56 Å². The average Bonchev–Trinajstić information content (AvgIpc) is 3.41. The number of nitrogens with zero attached hydrogens (tertiary/aromatic N) is 3. The zero-order valence-electron chi connectivity index (χ0n) is 19.0. The van der Waals surface area contributed by atoms with Gasteiger partial charge in [-0.25, -0.2) is 4.98 Å². The number of anilines is 2. The van der Waals surface area contributed by atoms with Crippen molar-refractivity contribution in [2.75, 3.05) is 29.5 Å². The number of amides is 2. The second-order valence-electron chi connectivity index (χ2n) is 8.63. The van der Waals surface area contributed by atoms with Crippen LogP contribution in [0.2, 0.25) is 0 Å². The van der Waals surface area contributed by atoms with Crippen molar-refractivity contribution >= 4 is 34.5 Å². The van der Waals surface area contributed by atoms with Gasteiger partial charge in [-0.15, -0.1) is 11.3 Å². The maximum absolute atomic E-state index is 13.4. The molecule has 174 valence electrons. The van der Waals surface area contributed by atoms with Gasteiger partial charge in [-0.3, -0.25) is 14.5 Å². The minimum atomic E-state index is -0.225. The van der Waals surface area contributed by atoms with Crippen molar-refractivity contribution in [2.45, 2.75) is 12.8 Å².